The molecule has 104 valence electrons. The Morgan fingerprint density at radius 3 is 2.40 bits per heavy atom. The SMILES string of the molecule is O=C(O)c1cc(NCc2ccc(Br)cc2)c(F)cc1F. The van der Waals surface area contributed by atoms with Crippen LogP contribution in [-0.4, -0.2) is 11.1 Å². The molecule has 2 N–H and O–H groups in total. The second-order valence-corrected chi connectivity index (χ2v) is 5.01. The number of halogens is 3. The first-order chi connectivity index (χ1) is 9.47. The van der Waals surface area contributed by atoms with Crippen LogP contribution in [-0.2, 0) is 6.54 Å². The van der Waals surface area contributed by atoms with Gasteiger partial charge in [0.25, 0.3) is 0 Å². The molecule has 0 aliphatic rings. The van der Waals surface area contributed by atoms with Crippen molar-refractivity contribution in [2.45, 2.75) is 6.54 Å². The second kappa shape index (κ2) is 6.00. The molecule has 0 aliphatic carbocycles. The minimum Gasteiger partial charge on any atom is -0.478 e. The predicted molar refractivity (Wildman–Crippen MR) is 74.8 cm³/mol. The van der Waals surface area contributed by atoms with Gasteiger partial charge in [-0.25, -0.2) is 13.6 Å². The second-order valence-electron chi connectivity index (χ2n) is 4.10. The lowest BCUT2D eigenvalue weighted by Crippen LogP contribution is -2.06. The van der Waals surface area contributed by atoms with Crippen molar-refractivity contribution in [2.24, 2.45) is 0 Å². The smallest absolute Gasteiger partial charge is 0.338 e. The molecule has 0 fully saturated rings. The molecule has 0 radical (unpaired) electrons. The Morgan fingerprint density at radius 2 is 1.80 bits per heavy atom. The Labute approximate surface area is 122 Å². The minimum absolute atomic E-state index is 0.0493. The van der Waals surface area contributed by atoms with Crippen molar-refractivity contribution < 1.29 is 18.7 Å². The molecule has 0 bridgehead atoms. The van der Waals surface area contributed by atoms with Gasteiger partial charge in [0.15, 0.2) is 0 Å². The zero-order valence-corrected chi connectivity index (χ0v) is 11.7. The summed E-state index contributed by atoms with van der Waals surface area (Å²) in [6.07, 6.45) is 0. The highest BCUT2D eigenvalue weighted by molar-refractivity contribution is 9.10. The van der Waals surface area contributed by atoms with E-state index in [1.54, 1.807) is 0 Å². The number of anilines is 1. The lowest BCUT2D eigenvalue weighted by atomic mass is 10.1. The normalized spacial score (nSPS) is 10.3. The highest BCUT2D eigenvalue weighted by Gasteiger charge is 2.14. The summed E-state index contributed by atoms with van der Waals surface area (Å²) in [7, 11) is 0. The molecular formula is C14H10BrF2NO2. The molecule has 0 aromatic heterocycles. The lowest BCUT2D eigenvalue weighted by molar-refractivity contribution is 0.0692. The number of benzene rings is 2. The van der Waals surface area contributed by atoms with E-state index < -0.39 is 23.2 Å². The van der Waals surface area contributed by atoms with Gasteiger partial charge in [-0.2, -0.15) is 0 Å². The molecular weight excluding hydrogens is 332 g/mol. The third-order valence-corrected chi connectivity index (χ3v) is 3.21. The zero-order valence-electron chi connectivity index (χ0n) is 10.2. The molecule has 0 amide bonds. The van der Waals surface area contributed by atoms with Gasteiger partial charge in [-0.05, 0) is 23.8 Å². The molecule has 0 unspecified atom stereocenters. The van der Waals surface area contributed by atoms with Gasteiger partial charge in [0.1, 0.15) is 11.6 Å². The van der Waals surface area contributed by atoms with Crippen LogP contribution in [0.2, 0.25) is 0 Å². The summed E-state index contributed by atoms with van der Waals surface area (Å²) < 4.78 is 27.7. The molecule has 0 aliphatic heterocycles. The van der Waals surface area contributed by atoms with Crippen LogP contribution < -0.4 is 5.32 Å². The van der Waals surface area contributed by atoms with E-state index in [0.29, 0.717) is 12.6 Å². The highest BCUT2D eigenvalue weighted by Crippen LogP contribution is 2.20. The molecule has 0 atom stereocenters. The standard InChI is InChI=1S/C14H10BrF2NO2/c15-9-3-1-8(2-4-9)7-18-13-5-10(14(19)20)11(16)6-12(13)17/h1-6,18H,7H2,(H,19,20). The average molecular weight is 342 g/mol. The molecule has 0 heterocycles. The molecule has 6 heteroatoms. The highest BCUT2D eigenvalue weighted by atomic mass is 79.9. The minimum atomic E-state index is -1.44. The van der Waals surface area contributed by atoms with Crippen LogP contribution in [0.15, 0.2) is 40.9 Å². The van der Waals surface area contributed by atoms with Gasteiger partial charge in [0.2, 0.25) is 0 Å². The van der Waals surface area contributed by atoms with Gasteiger partial charge in [-0.15, -0.1) is 0 Å². The van der Waals surface area contributed by atoms with Gasteiger partial charge in [-0.1, -0.05) is 28.1 Å². The van der Waals surface area contributed by atoms with Crippen LogP contribution in [0.1, 0.15) is 15.9 Å². The van der Waals surface area contributed by atoms with Crippen LogP contribution in [0.25, 0.3) is 0 Å². The van der Waals surface area contributed by atoms with E-state index >= 15 is 0 Å². The fourth-order valence-corrected chi connectivity index (χ4v) is 1.91. The van der Waals surface area contributed by atoms with Crippen LogP contribution >= 0.6 is 15.9 Å². The van der Waals surface area contributed by atoms with Crippen molar-refractivity contribution in [3.8, 4) is 0 Å². The fourth-order valence-electron chi connectivity index (χ4n) is 1.65. The summed E-state index contributed by atoms with van der Waals surface area (Å²) in [5.41, 5.74) is 0.269. The number of carboxylic acid groups (broad SMARTS) is 1. The van der Waals surface area contributed by atoms with E-state index in [9.17, 15) is 13.6 Å². The van der Waals surface area contributed by atoms with Gasteiger partial charge < -0.3 is 10.4 Å². The molecule has 2 rings (SSSR count). The van der Waals surface area contributed by atoms with E-state index in [1.165, 1.54) is 0 Å². The fraction of sp³-hybridized carbons (Fsp3) is 0.0714. The van der Waals surface area contributed by atoms with E-state index in [-0.39, 0.29) is 5.69 Å². The number of carboxylic acids is 1. The first kappa shape index (κ1) is 14.5. The quantitative estimate of drug-likeness (QED) is 0.882. The first-order valence-electron chi connectivity index (χ1n) is 5.68. The number of carbonyl (C=O) groups is 1. The predicted octanol–water partition coefficient (Wildman–Crippen LogP) is 4.04. The first-order valence-corrected chi connectivity index (χ1v) is 6.47. The monoisotopic (exact) mass is 341 g/mol. The maximum absolute atomic E-state index is 13.6. The van der Waals surface area contributed by atoms with Crippen molar-refractivity contribution in [3.63, 3.8) is 0 Å². The van der Waals surface area contributed by atoms with E-state index in [2.05, 4.69) is 21.2 Å². The topological polar surface area (TPSA) is 49.3 Å². The van der Waals surface area contributed by atoms with Crippen molar-refractivity contribution in [2.75, 3.05) is 5.32 Å². The van der Waals surface area contributed by atoms with Crippen molar-refractivity contribution in [3.05, 3.63) is 63.6 Å². The van der Waals surface area contributed by atoms with Gasteiger partial charge in [0.05, 0.1) is 11.3 Å². The Hall–Kier alpha value is -1.95. The van der Waals surface area contributed by atoms with E-state index in [0.717, 1.165) is 16.1 Å². The number of hydrogen-bond donors (Lipinski definition) is 2. The van der Waals surface area contributed by atoms with E-state index in [1.807, 2.05) is 24.3 Å². The molecule has 0 saturated heterocycles. The summed E-state index contributed by atoms with van der Waals surface area (Å²) in [4.78, 5) is 10.8. The van der Waals surface area contributed by atoms with Gasteiger partial charge in [0, 0.05) is 17.1 Å². The number of nitrogens with one attached hydrogen (secondary N) is 1. The van der Waals surface area contributed by atoms with Crippen LogP contribution in [0.4, 0.5) is 14.5 Å². The Kier molecular flexibility index (Phi) is 4.34. The summed E-state index contributed by atoms with van der Waals surface area (Å²) in [5.74, 6) is -3.36. The maximum atomic E-state index is 13.6. The largest absolute Gasteiger partial charge is 0.478 e. The average Bonchev–Trinajstić information content (AvgIpc) is 2.39. The van der Waals surface area contributed by atoms with Crippen LogP contribution in [0.3, 0.4) is 0 Å². The zero-order chi connectivity index (χ0) is 14.7. The van der Waals surface area contributed by atoms with Crippen LogP contribution in [0, 0.1) is 11.6 Å². The van der Waals surface area contributed by atoms with Crippen LogP contribution in [0.5, 0.6) is 0 Å². The van der Waals surface area contributed by atoms with Gasteiger partial charge in [-0.3, -0.25) is 0 Å². The Balaban J connectivity index is 2.18. The summed E-state index contributed by atoms with van der Waals surface area (Å²) in [6.45, 7) is 0.300. The third-order valence-electron chi connectivity index (χ3n) is 2.68. The maximum Gasteiger partial charge on any atom is 0.338 e. The molecule has 3 nitrogen and oxygen atoms in total. The Morgan fingerprint density at radius 1 is 1.15 bits per heavy atom. The molecule has 0 spiro atoms. The van der Waals surface area contributed by atoms with Crippen molar-refractivity contribution >= 4 is 27.6 Å². The Bertz CT molecular complexity index is 644. The van der Waals surface area contributed by atoms with E-state index in [4.69, 9.17) is 5.11 Å². The molecule has 2 aromatic rings. The summed E-state index contributed by atoms with van der Waals surface area (Å²) >= 11 is 3.30. The summed E-state index contributed by atoms with van der Waals surface area (Å²) in [5, 5.41) is 11.6. The lowest BCUT2D eigenvalue weighted by Gasteiger charge is -2.09. The van der Waals surface area contributed by atoms with Gasteiger partial charge >= 0.3 is 5.97 Å². The summed E-state index contributed by atoms with van der Waals surface area (Å²) in [6, 6.07) is 8.84. The molecule has 2 aromatic carbocycles. The number of hydrogen-bond acceptors (Lipinski definition) is 2. The third kappa shape index (κ3) is 3.33. The van der Waals surface area contributed by atoms with Crippen molar-refractivity contribution in [1.82, 2.24) is 0 Å². The number of rotatable bonds is 4. The number of aromatic carboxylic acids is 1. The molecule has 0 saturated carbocycles. The van der Waals surface area contributed by atoms with Crippen molar-refractivity contribution in [1.29, 1.82) is 0 Å². The molecule has 20 heavy (non-hydrogen) atoms.